The molecule has 0 unspecified atom stereocenters. The average Bonchev–Trinajstić information content (AvgIpc) is 2.87. The number of aromatic amines is 1. The van der Waals surface area contributed by atoms with Crippen molar-refractivity contribution in [3.8, 4) is 5.75 Å². The molecule has 0 amide bonds. The first-order valence-electron chi connectivity index (χ1n) is 6.68. The van der Waals surface area contributed by atoms with Gasteiger partial charge in [0, 0.05) is 6.07 Å². The normalized spacial score (nSPS) is 17.1. The zero-order valence-corrected chi connectivity index (χ0v) is 10.5. The van der Waals surface area contributed by atoms with Crippen molar-refractivity contribution >= 4 is 11.0 Å². The molecule has 96 valence electrons. The quantitative estimate of drug-likeness (QED) is 0.869. The van der Waals surface area contributed by atoms with E-state index >= 15 is 0 Å². The molecule has 0 radical (unpaired) electrons. The fourth-order valence-corrected chi connectivity index (χ4v) is 2.52. The summed E-state index contributed by atoms with van der Waals surface area (Å²) >= 11 is 0. The van der Waals surface area contributed by atoms with Crippen LogP contribution in [-0.2, 0) is 0 Å². The van der Waals surface area contributed by atoms with Crippen LogP contribution >= 0.6 is 0 Å². The zero-order valence-electron chi connectivity index (χ0n) is 10.5. The SMILES string of the molecule is c1nc2ccc(OCCC3CCNCC3)cc2[nH]1. The lowest BCUT2D eigenvalue weighted by atomic mass is 9.95. The molecule has 1 aliphatic heterocycles. The van der Waals surface area contributed by atoms with E-state index in [1.807, 2.05) is 18.2 Å². The first-order valence-corrected chi connectivity index (χ1v) is 6.68. The summed E-state index contributed by atoms with van der Waals surface area (Å²) in [5.74, 6) is 1.75. The fraction of sp³-hybridized carbons (Fsp3) is 0.500. The first kappa shape index (κ1) is 11.5. The van der Waals surface area contributed by atoms with Gasteiger partial charge in [-0.25, -0.2) is 4.98 Å². The van der Waals surface area contributed by atoms with Gasteiger partial charge in [-0.1, -0.05) is 0 Å². The Balaban J connectivity index is 1.52. The van der Waals surface area contributed by atoms with Crippen LogP contribution in [0, 0.1) is 5.92 Å². The van der Waals surface area contributed by atoms with E-state index in [4.69, 9.17) is 4.74 Å². The lowest BCUT2D eigenvalue weighted by molar-refractivity contribution is 0.252. The Labute approximate surface area is 107 Å². The second-order valence-electron chi connectivity index (χ2n) is 4.91. The van der Waals surface area contributed by atoms with Gasteiger partial charge in [-0.05, 0) is 50.4 Å². The Bertz CT molecular complexity index is 502. The number of fused-ring (bicyclic) bond motifs is 1. The van der Waals surface area contributed by atoms with Gasteiger partial charge in [-0.3, -0.25) is 0 Å². The number of ether oxygens (including phenoxy) is 1. The Morgan fingerprint density at radius 2 is 2.17 bits per heavy atom. The molecule has 0 aliphatic carbocycles. The van der Waals surface area contributed by atoms with E-state index in [-0.39, 0.29) is 0 Å². The topological polar surface area (TPSA) is 49.9 Å². The zero-order chi connectivity index (χ0) is 12.2. The van der Waals surface area contributed by atoms with Crippen LogP contribution in [0.2, 0.25) is 0 Å². The van der Waals surface area contributed by atoms with Gasteiger partial charge in [0.15, 0.2) is 0 Å². The number of piperidine rings is 1. The third-order valence-electron chi connectivity index (χ3n) is 3.65. The predicted octanol–water partition coefficient (Wildman–Crippen LogP) is 2.33. The monoisotopic (exact) mass is 245 g/mol. The van der Waals surface area contributed by atoms with Gasteiger partial charge < -0.3 is 15.0 Å². The van der Waals surface area contributed by atoms with Gasteiger partial charge >= 0.3 is 0 Å². The molecular weight excluding hydrogens is 226 g/mol. The van der Waals surface area contributed by atoms with Crippen LogP contribution in [0.5, 0.6) is 5.75 Å². The van der Waals surface area contributed by atoms with Crippen molar-refractivity contribution in [1.82, 2.24) is 15.3 Å². The number of hydrogen-bond donors (Lipinski definition) is 2. The molecule has 1 aromatic heterocycles. The van der Waals surface area contributed by atoms with E-state index < -0.39 is 0 Å². The molecule has 1 aliphatic rings. The molecule has 0 atom stereocenters. The standard InChI is InChI=1S/C14H19N3O/c1-2-13-14(17-10-16-13)9-12(1)18-8-5-11-3-6-15-7-4-11/h1-2,9-11,15H,3-8H2,(H,16,17). The highest BCUT2D eigenvalue weighted by molar-refractivity contribution is 5.75. The Kier molecular flexibility index (Phi) is 3.46. The molecule has 4 heteroatoms. The van der Waals surface area contributed by atoms with Crippen LogP contribution in [0.3, 0.4) is 0 Å². The summed E-state index contributed by atoms with van der Waals surface area (Å²) in [6.45, 7) is 3.12. The summed E-state index contributed by atoms with van der Waals surface area (Å²) in [4.78, 5) is 7.30. The van der Waals surface area contributed by atoms with Gasteiger partial charge in [0.1, 0.15) is 5.75 Å². The van der Waals surface area contributed by atoms with Crippen LogP contribution < -0.4 is 10.1 Å². The molecule has 0 saturated carbocycles. The molecule has 2 heterocycles. The van der Waals surface area contributed by atoms with Crippen molar-refractivity contribution < 1.29 is 4.74 Å². The van der Waals surface area contributed by atoms with Gasteiger partial charge in [0.05, 0.1) is 24.0 Å². The number of hydrogen-bond acceptors (Lipinski definition) is 3. The van der Waals surface area contributed by atoms with Crippen molar-refractivity contribution in [1.29, 1.82) is 0 Å². The lowest BCUT2D eigenvalue weighted by Gasteiger charge is -2.22. The van der Waals surface area contributed by atoms with Gasteiger partial charge in [0.25, 0.3) is 0 Å². The van der Waals surface area contributed by atoms with Gasteiger partial charge in [-0.15, -0.1) is 0 Å². The molecule has 2 N–H and O–H groups in total. The number of nitrogens with zero attached hydrogens (tertiary/aromatic N) is 1. The summed E-state index contributed by atoms with van der Waals surface area (Å²) in [5, 5.41) is 3.39. The van der Waals surface area contributed by atoms with Crippen LogP contribution in [0.1, 0.15) is 19.3 Å². The molecule has 1 fully saturated rings. The van der Waals surface area contributed by atoms with Crippen molar-refractivity contribution in [2.24, 2.45) is 5.92 Å². The molecule has 4 nitrogen and oxygen atoms in total. The summed E-state index contributed by atoms with van der Waals surface area (Å²) < 4.78 is 5.82. The van der Waals surface area contributed by atoms with Crippen molar-refractivity contribution in [3.05, 3.63) is 24.5 Å². The maximum absolute atomic E-state index is 5.82. The second-order valence-corrected chi connectivity index (χ2v) is 4.91. The van der Waals surface area contributed by atoms with Gasteiger partial charge in [0.2, 0.25) is 0 Å². The minimum atomic E-state index is 0.810. The molecule has 0 bridgehead atoms. The Hall–Kier alpha value is -1.55. The summed E-state index contributed by atoms with van der Waals surface area (Å²) in [6.07, 6.45) is 5.43. The maximum Gasteiger partial charge on any atom is 0.121 e. The largest absolute Gasteiger partial charge is 0.494 e. The van der Waals surface area contributed by atoms with E-state index in [1.54, 1.807) is 6.33 Å². The predicted molar refractivity (Wildman–Crippen MR) is 71.8 cm³/mol. The van der Waals surface area contributed by atoms with Crippen molar-refractivity contribution in [2.45, 2.75) is 19.3 Å². The number of nitrogens with one attached hydrogen (secondary N) is 2. The van der Waals surface area contributed by atoms with E-state index in [0.29, 0.717) is 0 Å². The molecular formula is C14H19N3O. The van der Waals surface area contributed by atoms with Crippen molar-refractivity contribution in [2.75, 3.05) is 19.7 Å². The van der Waals surface area contributed by atoms with Crippen molar-refractivity contribution in [3.63, 3.8) is 0 Å². The maximum atomic E-state index is 5.82. The summed E-state index contributed by atoms with van der Waals surface area (Å²) in [5.41, 5.74) is 2.02. The molecule has 2 aromatic rings. The minimum Gasteiger partial charge on any atom is -0.494 e. The molecule has 0 spiro atoms. The molecule has 18 heavy (non-hydrogen) atoms. The van der Waals surface area contributed by atoms with E-state index in [2.05, 4.69) is 15.3 Å². The number of H-pyrrole nitrogens is 1. The highest BCUT2D eigenvalue weighted by atomic mass is 16.5. The number of aromatic nitrogens is 2. The van der Waals surface area contributed by atoms with Crippen LogP contribution in [0.4, 0.5) is 0 Å². The molecule has 3 rings (SSSR count). The van der Waals surface area contributed by atoms with Crippen LogP contribution in [0.15, 0.2) is 24.5 Å². The number of imidazole rings is 1. The summed E-state index contributed by atoms with van der Waals surface area (Å²) in [7, 11) is 0. The highest BCUT2D eigenvalue weighted by Gasteiger charge is 2.12. The van der Waals surface area contributed by atoms with E-state index in [9.17, 15) is 0 Å². The minimum absolute atomic E-state index is 0.810. The Morgan fingerprint density at radius 3 is 3.06 bits per heavy atom. The average molecular weight is 245 g/mol. The Morgan fingerprint density at radius 1 is 1.28 bits per heavy atom. The third-order valence-corrected chi connectivity index (χ3v) is 3.65. The van der Waals surface area contributed by atoms with E-state index in [1.165, 1.54) is 12.8 Å². The number of benzene rings is 1. The second kappa shape index (κ2) is 5.40. The van der Waals surface area contributed by atoms with Crippen LogP contribution in [0.25, 0.3) is 11.0 Å². The highest BCUT2D eigenvalue weighted by Crippen LogP contribution is 2.20. The molecule has 1 saturated heterocycles. The van der Waals surface area contributed by atoms with Gasteiger partial charge in [-0.2, -0.15) is 0 Å². The summed E-state index contributed by atoms with van der Waals surface area (Å²) in [6, 6.07) is 6.00. The smallest absolute Gasteiger partial charge is 0.121 e. The lowest BCUT2D eigenvalue weighted by Crippen LogP contribution is -2.28. The third kappa shape index (κ3) is 2.64. The fourth-order valence-electron chi connectivity index (χ4n) is 2.52. The molecule has 1 aromatic carbocycles. The van der Waals surface area contributed by atoms with E-state index in [0.717, 1.165) is 48.8 Å². The first-order chi connectivity index (χ1) is 8.92. The number of rotatable bonds is 4. The van der Waals surface area contributed by atoms with Crippen LogP contribution in [-0.4, -0.2) is 29.7 Å².